The number of hydrogen-bond donors (Lipinski definition) is 0. The average molecular weight is 842 g/mol. The molecule has 2 heterocycles. The second-order valence-electron chi connectivity index (χ2n) is 18.2. The van der Waals surface area contributed by atoms with Crippen LogP contribution in [0.3, 0.4) is 0 Å². The van der Waals surface area contributed by atoms with Gasteiger partial charge in [0.1, 0.15) is 0 Å². The summed E-state index contributed by atoms with van der Waals surface area (Å²) >= 11 is 0. The van der Waals surface area contributed by atoms with Gasteiger partial charge in [0.2, 0.25) is 0 Å². The van der Waals surface area contributed by atoms with Crippen LogP contribution in [-0.4, -0.2) is 14.5 Å². The van der Waals surface area contributed by atoms with Gasteiger partial charge in [0.15, 0.2) is 5.82 Å². The molecule has 0 amide bonds. The van der Waals surface area contributed by atoms with E-state index in [2.05, 4.69) is 237 Å². The number of benzene rings is 10. The number of rotatable bonds is 6. The summed E-state index contributed by atoms with van der Waals surface area (Å²) in [5.41, 5.74) is 18.4. The summed E-state index contributed by atoms with van der Waals surface area (Å²) in [5, 5.41) is 7.36. The minimum absolute atomic E-state index is 0.154. The molecule has 0 N–H and O–H groups in total. The standard InChI is InChI=1S/C63H43N3/c1-63(2)55-28-15-27-53(60(55)54-37-42-18-9-10-19-43(42)38-56(54)63)58-39-57(64-62(65-58)40-16-5-3-6-17-40)48-33-32-45-34-44(30-31-46(45)36-48)41-20-13-21-47(35-41)50-25-14-26-52-51-24-11-12-29-59(51)66(61(50)52)49-22-7-4-8-23-49/h3-39H,1-2H3. The van der Waals surface area contributed by atoms with Crippen LogP contribution >= 0.6 is 0 Å². The molecule has 66 heavy (non-hydrogen) atoms. The molecule has 0 radical (unpaired) electrons. The van der Waals surface area contributed by atoms with Crippen molar-refractivity contribution in [1.29, 1.82) is 0 Å². The molecule has 0 aliphatic heterocycles. The Hall–Kier alpha value is -8.40. The molecule has 310 valence electrons. The summed E-state index contributed by atoms with van der Waals surface area (Å²) in [7, 11) is 0. The van der Waals surface area contributed by atoms with E-state index in [4.69, 9.17) is 9.97 Å². The summed E-state index contributed by atoms with van der Waals surface area (Å²) in [6, 6.07) is 81.4. The van der Waals surface area contributed by atoms with Crippen molar-refractivity contribution in [2.24, 2.45) is 0 Å². The highest BCUT2D eigenvalue weighted by Crippen LogP contribution is 2.53. The lowest BCUT2D eigenvalue weighted by molar-refractivity contribution is 0.661. The van der Waals surface area contributed by atoms with Crippen molar-refractivity contribution < 1.29 is 0 Å². The molecule has 0 bridgehead atoms. The van der Waals surface area contributed by atoms with Crippen LogP contribution in [0.1, 0.15) is 25.0 Å². The summed E-state index contributed by atoms with van der Waals surface area (Å²) in [5.74, 6) is 0.715. The second-order valence-corrected chi connectivity index (χ2v) is 18.2. The number of fused-ring (bicyclic) bond motifs is 8. The normalized spacial score (nSPS) is 12.8. The van der Waals surface area contributed by atoms with Gasteiger partial charge in [0, 0.05) is 44.1 Å². The van der Waals surface area contributed by atoms with Crippen LogP contribution < -0.4 is 0 Å². The Morgan fingerprint density at radius 3 is 1.79 bits per heavy atom. The van der Waals surface area contributed by atoms with Crippen LogP contribution in [0.15, 0.2) is 224 Å². The zero-order valence-electron chi connectivity index (χ0n) is 36.7. The van der Waals surface area contributed by atoms with E-state index >= 15 is 0 Å². The Morgan fingerprint density at radius 2 is 0.955 bits per heavy atom. The lowest BCUT2D eigenvalue weighted by Gasteiger charge is -2.22. The minimum atomic E-state index is -0.154. The van der Waals surface area contributed by atoms with Crippen molar-refractivity contribution in [3.63, 3.8) is 0 Å². The second kappa shape index (κ2) is 14.8. The van der Waals surface area contributed by atoms with E-state index < -0.39 is 0 Å². The van der Waals surface area contributed by atoms with Gasteiger partial charge < -0.3 is 4.57 Å². The zero-order valence-corrected chi connectivity index (χ0v) is 36.7. The Balaban J connectivity index is 0.907. The van der Waals surface area contributed by atoms with Crippen LogP contribution in [0, 0.1) is 0 Å². The van der Waals surface area contributed by atoms with Crippen molar-refractivity contribution >= 4 is 43.4 Å². The molecule has 10 aromatic carbocycles. The van der Waals surface area contributed by atoms with Gasteiger partial charge in [0.05, 0.1) is 22.4 Å². The lowest BCUT2D eigenvalue weighted by atomic mass is 9.81. The first-order chi connectivity index (χ1) is 32.5. The maximum atomic E-state index is 5.33. The van der Waals surface area contributed by atoms with Crippen LogP contribution in [0.25, 0.3) is 116 Å². The maximum absolute atomic E-state index is 5.33. The summed E-state index contributed by atoms with van der Waals surface area (Å²) in [4.78, 5) is 10.6. The number of aromatic nitrogens is 3. The van der Waals surface area contributed by atoms with Crippen molar-refractivity contribution in [1.82, 2.24) is 14.5 Å². The monoisotopic (exact) mass is 841 g/mol. The van der Waals surface area contributed by atoms with Crippen molar-refractivity contribution in [3.05, 3.63) is 236 Å². The molecule has 0 atom stereocenters. The van der Waals surface area contributed by atoms with Crippen LogP contribution in [0.5, 0.6) is 0 Å². The van der Waals surface area contributed by atoms with Crippen molar-refractivity contribution in [2.45, 2.75) is 19.3 Å². The first-order valence-corrected chi connectivity index (χ1v) is 22.8. The number of nitrogens with zero attached hydrogens (tertiary/aromatic N) is 3. The Kier molecular flexibility index (Phi) is 8.56. The van der Waals surface area contributed by atoms with Crippen LogP contribution in [-0.2, 0) is 5.41 Å². The summed E-state index contributed by atoms with van der Waals surface area (Å²) < 4.78 is 2.41. The third-order valence-electron chi connectivity index (χ3n) is 14.0. The van der Waals surface area contributed by atoms with E-state index in [0.29, 0.717) is 5.82 Å². The van der Waals surface area contributed by atoms with E-state index in [1.54, 1.807) is 0 Å². The fourth-order valence-electron chi connectivity index (χ4n) is 10.7. The third-order valence-corrected chi connectivity index (χ3v) is 14.0. The molecular formula is C63H43N3. The molecule has 3 nitrogen and oxygen atoms in total. The quantitative estimate of drug-likeness (QED) is 0.167. The molecule has 1 aliphatic carbocycles. The first-order valence-electron chi connectivity index (χ1n) is 22.8. The highest BCUT2D eigenvalue weighted by Gasteiger charge is 2.37. The van der Waals surface area contributed by atoms with E-state index in [0.717, 1.165) is 39.2 Å². The predicted octanol–water partition coefficient (Wildman–Crippen LogP) is 16.5. The number of para-hydroxylation sites is 3. The molecule has 0 unspecified atom stereocenters. The van der Waals surface area contributed by atoms with Gasteiger partial charge in [-0.1, -0.05) is 184 Å². The minimum Gasteiger partial charge on any atom is -0.309 e. The molecule has 0 fully saturated rings. The largest absolute Gasteiger partial charge is 0.309 e. The van der Waals surface area contributed by atoms with Gasteiger partial charge in [0.25, 0.3) is 0 Å². The fourth-order valence-corrected chi connectivity index (χ4v) is 10.7. The van der Waals surface area contributed by atoms with Gasteiger partial charge in [-0.25, -0.2) is 9.97 Å². The van der Waals surface area contributed by atoms with Gasteiger partial charge in [-0.2, -0.15) is 0 Å². The summed E-state index contributed by atoms with van der Waals surface area (Å²) in [6.45, 7) is 4.70. The topological polar surface area (TPSA) is 30.7 Å². The van der Waals surface area contributed by atoms with Crippen LogP contribution in [0.2, 0.25) is 0 Å². The molecule has 1 aliphatic rings. The third kappa shape index (κ3) is 6.04. The Bertz CT molecular complexity index is 3900. The number of hydrogen-bond acceptors (Lipinski definition) is 2. The van der Waals surface area contributed by atoms with Gasteiger partial charge >= 0.3 is 0 Å². The van der Waals surface area contributed by atoms with Crippen molar-refractivity contribution in [3.8, 4) is 73.0 Å². The fraction of sp³-hybridized carbons (Fsp3) is 0.0476. The van der Waals surface area contributed by atoms with E-state index in [1.807, 2.05) is 6.07 Å². The highest BCUT2D eigenvalue weighted by atomic mass is 15.0. The smallest absolute Gasteiger partial charge is 0.160 e. The van der Waals surface area contributed by atoms with Gasteiger partial charge in [-0.05, 0) is 115 Å². The molecule has 0 saturated carbocycles. The van der Waals surface area contributed by atoms with E-state index in [9.17, 15) is 0 Å². The highest BCUT2D eigenvalue weighted by molar-refractivity contribution is 6.14. The predicted molar refractivity (Wildman–Crippen MR) is 276 cm³/mol. The van der Waals surface area contributed by atoms with E-state index in [1.165, 1.54) is 82.5 Å². The van der Waals surface area contributed by atoms with E-state index in [-0.39, 0.29) is 5.41 Å². The zero-order chi connectivity index (χ0) is 43.9. The average Bonchev–Trinajstić information content (AvgIpc) is 3.83. The van der Waals surface area contributed by atoms with Gasteiger partial charge in [-0.3, -0.25) is 0 Å². The van der Waals surface area contributed by atoms with Crippen LogP contribution in [0.4, 0.5) is 0 Å². The molecular weight excluding hydrogens is 799 g/mol. The lowest BCUT2D eigenvalue weighted by Crippen LogP contribution is -2.14. The first kappa shape index (κ1) is 38.1. The summed E-state index contributed by atoms with van der Waals surface area (Å²) in [6.07, 6.45) is 0. The molecule has 0 spiro atoms. The molecule has 13 rings (SSSR count). The molecule has 12 aromatic rings. The Labute approximate surface area is 384 Å². The Morgan fingerprint density at radius 1 is 0.364 bits per heavy atom. The SMILES string of the molecule is CC1(C)c2cc3ccccc3cc2-c2c(-c3cc(-c4ccc5cc(-c6cccc(-c7cccc8c9ccccc9n(-c9ccccc9)c78)c6)ccc5c4)nc(-c4ccccc4)n3)cccc21. The molecule has 0 saturated heterocycles. The van der Waals surface area contributed by atoms with Crippen molar-refractivity contribution in [2.75, 3.05) is 0 Å². The molecule has 2 aromatic heterocycles. The van der Waals surface area contributed by atoms with Gasteiger partial charge in [-0.15, -0.1) is 0 Å². The molecule has 3 heteroatoms. The maximum Gasteiger partial charge on any atom is 0.160 e.